The van der Waals surface area contributed by atoms with Gasteiger partial charge in [0.1, 0.15) is 35.5 Å². The number of hydrogen-bond donors (Lipinski definition) is 0. The van der Waals surface area contributed by atoms with Crippen molar-refractivity contribution in [3.63, 3.8) is 0 Å². The van der Waals surface area contributed by atoms with Crippen molar-refractivity contribution in [3.05, 3.63) is 89.5 Å². The van der Waals surface area contributed by atoms with Crippen LogP contribution >= 0.6 is 8.60 Å². The van der Waals surface area contributed by atoms with E-state index in [-0.39, 0.29) is 17.2 Å². The summed E-state index contributed by atoms with van der Waals surface area (Å²) >= 11 is 0. The van der Waals surface area contributed by atoms with E-state index in [2.05, 4.69) is 0 Å². The molecule has 0 aliphatic carbocycles. The zero-order valence-electron chi connectivity index (χ0n) is 14.4. The fourth-order valence-corrected chi connectivity index (χ4v) is 3.28. The normalized spacial score (nSPS) is 9.64. The van der Waals surface area contributed by atoms with Gasteiger partial charge in [0.25, 0.3) is 0 Å². The molecule has 0 heterocycles. The minimum atomic E-state index is -2.11. The Bertz CT molecular complexity index is 971. The number of nitriles is 3. The van der Waals surface area contributed by atoms with Crippen molar-refractivity contribution in [1.82, 2.24) is 0 Å². The average Bonchev–Trinajstić information content (AvgIpc) is 2.75. The second-order valence-corrected chi connectivity index (χ2v) is 6.32. The van der Waals surface area contributed by atoms with Crippen LogP contribution < -0.4 is 13.6 Å². The molecule has 3 rings (SSSR count). The van der Waals surface area contributed by atoms with Crippen LogP contribution in [0.25, 0.3) is 0 Å². The predicted molar refractivity (Wildman–Crippen MR) is 102 cm³/mol. The Morgan fingerprint density at radius 1 is 0.500 bits per heavy atom. The highest BCUT2D eigenvalue weighted by atomic mass is 31.2. The van der Waals surface area contributed by atoms with E-state index in [4.69, 9.17) is 13.6 Å². The molecule has 0 saturated heterocycles. The molecule has 3 aromatic carbocycles. The Hall–Kier alpha value is -4.04. The summed E-state index contributed by atoms with van der Waals surface area (Å²) in [5.74, 6) is 0.833. The van der Waals surface area contributed by atoms with Crippen molar-refractivity contribution in [3.8, 4) is 35.5 Å². The van der Waals surface area contributed by atoms with Gasteiger partial charge in [-0.1, -0.05) is 36.4 Å². The lowest BCUT2D eigenvalue weighted by atomic mass is 10.2. The molecular formula is C21H12N3O3P. The molecule has 0 N–H and O–H groups in total. The van der Waals surface area contributed by atoms with Crippen LogP contribution in [0.15, 0.2) is 72.8 Å². The van der Waals surface area contributed by atoms with Crippen LogP contribution in [-0.2, 0) is 0 Å². The van der Waals surface area contributed by atoms with E-state index in [1.165, 1.54) is 0 Å². The summed E-state index contributed by atoms with van der Waals surface area (Å²) in [7, 11) is -2.11. The standard InChI is InChI=1S/C21H12N3O3P/c22-13-16-7-1-4-10-19(16)25-28(26-20-11-5-2-8-17(20)14-23)27-21-12-6-3-9-18(21)15-24/h1-12H. The first kappa shape index (κ1) is 18.7. The molecule has 0 saturated carbocycles. The number of hydrogen-bond acceptors (Lipinski definition) is 6. The summed E-state index contributed by atoms with van der Waals surface area (Å²) in [4.78, 5) is 0. The van der Waals surface area contributed by atoms with Gasteiger partial charge in [-0.15, -0.1) is 0 Å². The highest BCUT2D eigenvalue weighted by molar-refractivity contribution is 7.43. The van der Waals surface area contributed by atoms with E-state index < -0.39 is 8.60 Å². The smallest absolute Gasteiger partial charge is 0.407 e. The van der Waals surface area contributed by atoms with Gasteiger partial charge in [0.05, 0.1) is 16.7 Å². The van der Waals surface area contributed by atoms with Crippen molar-refractivity contribution in [1.29, 1.82) is 15.8 Å². The average molecular weight is 385 g/mol. The highest BCUT2D eigenvalue weighted by Gasteiger charge is 2.23. The monoisotopic (exact) mass is 385 g/mol. The van der Waals surface area contributed by atoms with E-state index in [9.17, 15) is 15.8 Å². The SMILES string of the molecule is N#Cc1ccccc1OP(Oc1ccccc1C#N)Oc1ccccc1C#N. The van der Waals surface area contributed by atoms with Gasteiger partial charge < -0.3 is 13.6 Å². The van der Waals surface area contributed by atoms with Crippen LogP contribution in [0.4, 0.5) is 0 Å². The molecule has 0 radical (unpaired) electrons. The maximum atomic E-state index is 9.28. The van der Waals surface area contributed by atoms with Crippen LogP contribution in [0.5, 0.6) is 17.2 Å². The van der Waals surface area contributed by atoms with E-state index in [1.807, 2.05) is 18.2 Å². The fourth-order valence-electron chi connectivity index (χ4n) is 2.21. The molecule has 0 fully saturated rings. The second-order valence-electron chi connectivity index (χ2n) is 5.32. The lowest BCUT2D eigenvalue weighted by Crippen LogP contribution is -2.05. The summed E-state index contributed by atoms with van der Waals surface area (Å²) in [6, 6.07) is 26.1. The third-order valence-corrected chi connectivity index (χ3v) is 4.58. The quantitative estimate of drug-likeness (QED) is 0.550. The van der Waals surface area contributed by atoms with E-state index in [0.717, 1.165) is 0 Å². The Morgan fingerprint density at radius 3 is 1.07 bits per heavy atom. The number of nitrogens with zero attached hydrogens (tertiary/aromatic N) is 3. The maximum Gasteiger partial charge on any atom is 0.530 e. The molecule has 0 amide bonds. The molecule has 28 heavy (non-hydrogen) atoms. The molecule has 0 aromatic heterocycles. The molecule has 0 unspecified atom stereocenters. The Morgan fingerprint density at radius 2 is 0.786 bits per heavy atom. The molecule has 3 aromatic rings. The molecule has 7 heteroatoms. The first-order chi connectivity index (χ1) is 13.7. The molecule has 0 aliphatic heterocycles. The Labute approximate surface area is 163 Å². The molecular weight excluding hydrogens is 373 g/mol. The third-order valence-electron chi connectivity index (χ3n) is 3.54. The molecule has 0 atom stereocenters. The Kier molecular flexibility index (Phi) is 6.06. The maximum absolute atomic E-state index is 9.28. The largest absolute Gasteiger partial charge is 0.530 e. The van der Waals surface area contributed by atoms with E-state index in [1.54, 1.807) is 72.8 Å². The predicted octanol–water partition coefficient (Wildman–Crippen LogP) is 5.07. The molecule has 134 valence electrons. The van der Waals surface area contributed by atoms with E-state index in [0.29, 0.717) is 16.7 Å². The molecule has 6 nitrogen and oxygen atoms in total. The first-order valence-electron chi connectivity index (χ1n) is 8.06. The van der Waals surface area contributed by atoms with Crippen LogP contribution in [-0.4, -0.2) is 0 Å². The zero-order chi connectivity index (χ0) is 19.8. The van der Waals surface area contributed by atoms with Crippen molar-refractivity contribution >= 4 is 8.60 Å². The summed E-state index contributed by atoms with van der Waals surface area (Å²) in [5, 5.41) is 27.9. The minimum absolute atomic E-state index is 0.278. The van der Waals surface area contributed by atoms with Gasteiger partial charge in [-0.3, -0.25) is 0 Å². The van der Waals surface area contributed by atoms with Gasteiger partial charge in [0.2, 0.25) is 0 Å². The van der Waals surface area contributed by atoms with Crippen molar-refractivity contribution < 1.29 is 13.6 Å². The molecule has 0 aliphatic rings. The number of benzene rings is 3. The van der Waals surface area contributed by atoms with E-state index >= 15 is 0 Å². The molecule has 0 spiro atoms. The summed E-state index contributed by atoms with van der Waals surface area (Å²) in [5.41, 5.74) is 0.929. The third kappa shape index (κ3) is 4.37. The highest BCUT2D eigenvalue weighted by Crippen LogP contribution is 2.44. The number of rotatable bonds is 6. The van der Waals surface area contributed by atoms with Crippen LogP contribution in [0.2, 0.25) is 0 Å². The van der Waals surface area contributed by atoms with Crippen LogP contribution in [0, 0.1) is 34.0 Å². The van der Waals surface area contributed by atoms with Gasteiger partial charge in [-0.2, -0.15) is 15.8 Å². The van der Waals surface area contributed by atoms with Gasteiger partial charge in [0.15, 0.2) is 0 Å². The molecule has 0 bridgehead atoms. The van der Waals surface area contributed by atoms with Crippen molar-refractivity contribution in [2.24, 2.45) is 0 Å². The summed E-state index contributed by atoms with van der Waals surface area (Å²) in [6.07, 6.45) is 0. The lowest BCUT2D eigenvalue weighted by molar-refractivity contribution is 0.387. The van der Waals surface area contributed by atoms with Gasteiger partial charge in [-0.25, -0.2) is 0 Å². The van der Waals surface area contributed by atoms with Gasteiger partial charge >= 0.3 is 8.60 Å². The minimum Gasteiger partial charge on any atom is -0.407 e. The lowest BCUT2D eigenvalue weighted by Gasteiger charge is -2.19. The second kappa shape index (κ2) is 9.06. The summed E-state index contributed by atoms with van der Waals surface area (Å²) in [6.45, 7) is 0. The first-order valence-corrected chi connectivity index (χ1v) is 9.16. The van der Waals surface area contributed by atoms with Crippen molar-refractivity contribution in [2.45, 2.75) is 0 Å². The zero-order valence-corrected chi connectivity index (χ0v) is 15.3. The topological polar surface area (TPSA) is 99.1 Å². The van der Waals surface area contributed by atoms with Gasteiger partial charge in [0, 0.05) is 0 Å². The Balaban J connectivity index is 1.95. The van der Waals surface area contributed by atoms with Crippen molar-refractivity contribution in [2.75, 3.05) is 0 Å². The van der Waals surface area contributed by atoms with Crippen LogP contribution in [0.1, 0.15) is 16.7 Å². The summed E-state index contributed by atoms with van der Waals surface area (Å²) < 4.78 is 17.5. The fraction of sp³-hybridized carbons (Fsp3) is 0. The number of para-hydroxylation sites is 3. The van der Waals surface area contributed by atoms with Gasteiger partial charge in [-0.05, 0) is 36.4 Å². The van der Waals surface area contributed by atoms with Crippen LogP contribution in [0.3, 0.4) is 0 Å².